The second kappa shape index (κ2) is 6.96. The van der Waals surface area contributed by atoms with Crippen LogP contribution in [0.5, 0.6) is 0 Å². The lowest BCUT2D eigenvalue weighted by Gasteiger charge is -2.19. The Hall–Kier alpha value is -2.01. The molecule has 0 bridgehead atoms. The summed E-state index contributed by atoms with van der Waals surface area (Å²) in [6, 6.07) is 5.39. The van der Waals surface area contributed by atoms with Gasteiger partial charge >= 0.3 is 6.09 Å². The van der Waals surface area contributed by atoms with Crippen molar-refractivity contribution < 1.29 is 14.6 Å². The maximum absolute atomic E-state index is 11.4. The molecule has 5 nitrogen and oxygen atoms in total. The van der Waals surface area contributed by atoms with E-state index in [9.17, 15) is 4.79 Å². The van der Waals surface area contributed by atoms with E-state index in [1.807, 2.05) is 32.9 Å². The number of aliphatic hydroxyl groups excluding tert-OH is 1. The van der Waals surface area contributed by atoms with Crippen LogP contribution < -0.4 is 11.1 Å². The molecule has 1 aromatic carbocycles. The number of hydrogen-bond acceptors (Lipinski definition) is 4. The molecule has 0 aromatic heterocycles. The topological polar surface area (TPSA) is 84.6 Å². The summed E-state index contributed by atoms with van der Waals surface area (Å²) in [5.41, 5.74) is 7.36. The van der Waals surface area contributed by atoms with E-state index in [2.05, 4.69) is 5.32 Å². The van der Waals surface area contributed by atoms with E-state index in [0.717, 1.165) is 5.56 Å². The van der Waals surface area contributed by atoms with Crippen LogP contribution in [-0.4, -0.2) is 23.3 Å². The first-order valence-corrected chi connectivity index (χ1v) is 6.44. The minimum atomic E-state index is -0.499. The maximum atomic E-state index is 11.4. The fourth-order valence-corrected chi connectivity index (χ4v) is 1.52. The predicted octanol–water partition coefficient (Wildman–Crippen LogP) is 2.30. The van der Waals surface area contributed by atoms with Crippen LogP contribution in [0.4, 0.5) is 10.5 Å². The molecule has 20 heavy (non-hydrogen) atoms. The van der Waals surface area contributed by atoms with E-state index in [1.165, 1.54) is 0 Å². The first-order valence-electron chi connectivity index (χ1n) is 6.44. The van der Waals surface area contributed by atoms with Crippen molar-refractivity contribution in [2.24, 2.45) is 0 Å². The number of carbonyl (C=O) groups is 1. The molecule has 0 heterocycles. The average Bonchev–Trinajstić information content (AvgIpc) is 2.34. The number of aliphatic hydroxyl groups is 1. The summed E-state index contributed by atoms with van der Waals surface area (Å²) in [6.45, 7) is 5.71. The van der Waals surface area contributed by atoms with Crippen molar-refractivity contribution in [2.45, 2.75) is 33.0 Å². The van der Waals surface area contributed by atoms with Crippen molar-refractivity contribution in [2.75, 3.05) is 12.3 Å². The van der Waals surface area contributed by atoms with Gasteiger partial charge in [0, 0.05) is 17.8 Å². The molecule has 0 saturated heterocycles. The van der Waals surface area contributed by atoms with Crippen LogP contribution in [-0.2, 0) is 11.3 Å². The number of rotatable bonds is 4. The molecule has 1 aromatic rings. The summed E-state index contributed by atoms with van der Waals surface area (Å²) >= 11 is 0. The molecule has 0 radical (unpaired) electrons. The van der Waals surface area contributed by atoms with Crippen molar-refractivity contribution in [1.29, 1.82) is 0 Å². The molecule has 0 aliphatic heterocycles. The molecule has 0 fully saturated rings. The molecule has 4 N–H and O–H groups in total. The second-order valence-electron chi connectivity index (χ2n) is 5.40. The van der Waals surface area contributed by atoms with Gasteiger partial charge in [0.25, 0.3) is 0 Å². The molecule has 1 rings (SSSR count). The zero-order valence-electron chi connectivity index (χ0n) is 12.1. The Morgan fingerprint density at radius 3 is 2.75 bits per heavy atom. The summed E-state index contributed by atoms with van der Waals surface area (Å²) in [7, 11) is 0. The highest BCUT2D eigenvalue weighted by Gasteiger charge is 2.14. The Morgan fingerprint density at radius 2 is 2.15 bits per heavy atom. The lowest BCUT2D eigenvalue weighted by Crippen LogP contribution is -2.32. The molecule has 0 aliphatic rings. The molecule has 1 amide bonds. The van der Waals surface area contributed by atoms with Crippen LogP contribution in [0.2, 0.25) is 0 Å². The molecule has 110 valence electrons. The van der Waals surface area contributed by atoms with Crippen LogP contribution in [0.25, 0.3) is 6.08 Å². The van der Waals surface area contributed by atoms with Gasteiger partial charge < -0.3 is 20.9 Å². The molecule has 0 atom stereocenters. The van der Waals surface area contributed by atoms with Crippen molar-refractivity contribution in [3.8, 4) is 0 Å². The fraction of sp³-hybridized carbons (Fsp3) is 0.400. The molecule has 0 unspecified atom stereocenters. The van der Waals surface area contributed by atoms with Gasteiger partial charge in [-0.1, -0.05) is 18.2 Å². The lowest BCUT2D eigenvalue weighted by molar-refractivity contribution is 0.0534. The first-order chi connectivity index (χ1) is 9.31. The van der Waals surface area contributed by atoms with Gasteiger partial charge in [0.2, 0.25) is 0 Å². The van der Waals surface area contributed by atoms with Gasteiger partial charge in [0.05, 0.1) is 6.61 Å². The van der Waals surface area contributed by atoms with Crippen LogP contribution in [0.1, 0.15) is 31.9 Å². The minimum Gasteiger partial charge on any atom is -0.444 e. The van der Waals surface area contributed by atoms with Crippen molar-refractivity contribution >= 4 is 17.9 Å². The smallest absolute Gasteiger partial charge is 0.407 e. The van der Waals surface area contributed by atoms with Gasteiger partial charge in [-0.05, 0) is 38.5 Å². The quantitative estimate of drug-likeness (QED) is 0.738. The van der Waals surface area contributed by atoms with E-state index >= 15 is 0 Å². The number of hydrogen-bond donors (Lipinski definition) is 3. The fourth-order valence-electron chi connectivity index (χ4n) is 1.52. The number of amides is 1. The Labute approximate surface area is 119 Å². The van der Waals surface area contributed by atoms with Gasteiger partial charge in [-0.2, -0.15) is 0 Å². The Balaban J connectivity index is 2.47. The standard InChI is InChI=1S/C15H22N2O3/c1-15(2,3)20-14(19)17-8-4-5-11-6-7-13(16)12(9-11)10-18/h4-7,9,18H,8,10,16H2,1-3H3,(H,17,19). The van der Waals surface area contributed by atoms with Crippen LogP contribution in [0.15, 0.2) is 24.3 Å². The third kappa shape index (κ3) is 5.75. The van der Waals surface area contributed by atoms with Gasteiger partial charge in [-0.25, -0.2) is 4.79 Å². The maximum Gasteiger partial charge on any atom is 0.407 e. The van der Waals surface area contributed by atoms with E-state index in [1.54, 1.807) is 18.2 Å². The number of nitrogen functional groups attached to an aromatic ring is 1. The Morgan fingerprint density at radius 1 is 1.45 bits per heavy atom. The molecule has 5 heteroatoms. The average molecular weight is 278 g/mol. The highest BCUT2D eigenvalue weighted by atomic mass is 16.6. The molecule has 0 aliphatic carbocycles. The highest BCUT2D eigenvalue weighted by molar-refractivity contribution is 5.68. The van der Waals surface area contributed by atoms with E-state index in [0.29, 0.717) is 17.8 Å². The van der Waals surface area contributed by atoms with Gasteiger partial charge in [0.15, 0.2) is 0 Å². The van der Waals surface area contributed by atoms with Gasteiger partial charge in [-0.3, -0.25) is 0 Å². The highest BCUT2D eigenvalue weighted by Crippen LogP contribution is 2.15. The Bertz CT molecular complexity index is 490. The number of alkyl carbamates (subject to hydrolysis) is 1. The SMILES string of the molecule is CC(C)(C)OC(=O)NCC=Cc1ccc(N)c(CO)c1. The molecular formula is C15H22N2O3. The summed E-state index contributed by atoms with van der Waals surface area (Å²) < 4.78 is 5.11. The first kappa shape index (κ1) is 16.0. The predicted molar refractivity (Wildman–Crippen MR) is 80.0 cm³/mol. The zero-order chi connectivity index (χ0) is 15.2. The minimum absolute atomic E-state index is 0.0936. The number of ether oxygens (including phenoxy) is 1. The molecule has 0 spiro atoms. The van der Waals surface area contributed by atoms with Crippen LogP contribution in [0, 0.1) is 0 Å². The third-order valence-electron chi connectivity index (χ3n) is 2.41. The summed E-state index contributed by atoms with van der Waals surface area (Å²) in [5, 5.41) is 11.7. The number of nitrogens with two attached hydrogens (primary N) is 1. The van der Waals surface area contributed by atoms with E-state index in [-0.39, 0.29) is 6.61 Å². The summed E-state index contributed by atoms with van der Waals surface area (Å²) in [6.07, 6.45) is 3.20. The van der Waals surface area contributed by atoms with Gasteiger partial charge in [-0.15, -0.1) is 0 Å². The van der Waals surface area contributed by atoms with Gasteiger partial charge in [0.1, 0.15) is 5.60 Å². The van der Waals surface area contributed by atoms with Crippen LogP contribution in [0.3, 0.4) is 0 Å². The second-order valence-corrected chi connectivity index (χ2v) is 5.40. The largest absolute Gasteiger partial charge is 0.444 e. The summed E-state index contributed by atoms with van der Waals surface area (Å²) in [4.78, 5) is 11.4. The lowest BCUT2D eigenvalue weighted by atomic mass is 10.1. The molecule has 0 saturated carbocycles. The Kier molecular flexibility index (Phi) is 5.58. The van der Waals surface area contributed by atoms with Crippen molar-refractivity contribution in [3.63, 3.8) is 0 Å². The normalized spacial score (nSPS) is 11.6. The monoisotopic (exact) mass is 278 g/mol. The van der Waals surface area contributed by atoms with Crippen LogP contribution >= 0.6 is 0 Å². The number of anilines is 1. The van der Waals surface area contributed by atoms with Crippen molar-refractivity contribution in [1.82, 2.24) is 5.32 Å². The number of benzene rings is 1. The number of carbonyl (C=O) groups excluding carboxylic acids is 1. The summed E-state index contributed by atoms with van der Waals surface area (Å²) in [5.74, 6) is 0. The van der Waals surface area contributed by atoms with E-state index < -0.39 is 11.7 Å². The van der Waals surface area contributed by atoms with E-state index in [4.69, 9.17) is 15.6 Å². The number of nitrogens with one attached hydrogen (secondary N) is 1. The molecular weight excluding hydrogens is 256 g/mol. The van der Waals surface area contributed by atoms with Crippen molar-refractivity contribution in [3.05, 3.63) is 35.4 Å². The zero-order valence-corrected chi connectivity index (χ0v) is 12.1. The third-order valence-corrected chi connectivity index (χ3v) is 2.41.